The third-order valence-corrected chi connectivity index (χ3v) is 6.15. The molecule has 3 N–H and O–H groups in total. The first-order valence-electron chi connectivity index (χ1n) is 10.6. The second kappa shape index (κ2) is 9.10. The molecule has 1 saturated heterocycles. The highest BCUT2D eigenvalue weighted by atomic mass is 19.1. The highest BCUT2D eigenvalue weighted by molar-refractivity contribution is 5.91. The molecular weight excluding hydrogens is 425 g/mol. The lowest BCUT2D eigenvalue weighted by atomic mass is 9.87. The number of hydrogen-bond acceptors (Lipinski definition) is 6. The van der Waals surface area contributed by atoms with Crippen molar-refractivity contribution in [1.82, 2.24) is 14.9 Å². The van der Waals surface area contributed by atoms with E-state index in [9.17, 15) is 14.3 Å². The highest BCUT2D eigenvalue weighted by Gasteiger charge is 2.36. The summed E-state index contributed by atoms with van der Waals surface area (Å²) in [5.74, 6) is -0.908. The van der Waals surface area contributed by atoms with E-state index in [1.807, 2.05) is 6.92 Å². The topological polar surface area (TPSA) is 103 Å². The lowest BCUT2D eigenvalue weighted by Crippen LogP contribution is -2.46. The quantitative estimate of drug-likeness (QED) is 0.517. The number of anilines is 1. The minimum Gasteiger partial charge on any atom is -0.387 e. The maximum atomic E-state index is 14.7. The molecular formula is C24H24FN5O3. The number of halogens is 1. The van der Waals surface area contributed by atoms with E-state index in [0.717, 1.165) is 5.39 Å². The molecule has 1 atom stereocenters. The number of aromatic nitrogens is 2. The third kappa shape index (κ3) is 4.35. The summed E-state index contributed by atoms with van der Waals surface area (Å²) in [6.45, 7) is 9.03. The smallest absolute Gasteiger partial charge is 0.248 e. The van der Waals surface area contributed by atoms with Gasteiger partial charge in [0.2, 0.25) is 11.6 Å². The molecule has 0 aliphatic carbocycles. The maximum Gasteiger partial charge on any atom is 0.248 e. The van der Waals surface area contributed by atoms with Crippen molar-refractivity contribution >= 4 is 28.2 Å². The first-order valence-corrected chi connectivity index (χ1v) is 10.6. The van der Waals surface area contributed by atoms with Gasteiger partial charge in [0.1, 0.15) is 18.0 Å². The van der Waals surface area contributed by atoms with Crippen LogP contribution in [0.15, 0.2) is 42.7 Å². The zero-order chi connectivity index (χ0) is 23.6. The van der Waals surface area contributed by atoms with Crippen LogP contribution in [0.3, 0.4) is 0 Å². The van der Waals surface area contributed by atoms with Gasteiger partial charge in [-0.05, 0) is 37.5 Å². The molecule has 1 aromatic carbocycles. The third-order valence-electron chi connectivity index (χ3n) is 6.15. The molecule has 1 aliphatic heterocycles. The van der Waals surface area contributed by atoms with Crippen molar-refractivity contribution in [3.05, 3.63) is 71.2 Å². The zero-order valence-electron chi connectivity index (χ0n) is 18.1. The fourth-order valence-corrected chi connectivity index (χ4v) is 4.18. The molecule has 0 radical (unpaired) electrons. The summed E-state index contributed by atoms with van der Waals surface area (Å²) in [4.78, 5) is 25.3. The lowest BCUT2D eigenvalue weighted by molar-refractivity contribution is -0.138. The van der Waals surface area contributed by atoms with E-state index in [-0.39, 0.29) is 11.6 Å². The number of pyridine rings is 2. The normalized spacial score (nSPS) is 16.3. The van der Waals surface area contributed by atoms with E-state index in [2.05, 4.69) is 20.1 Å². The average molecular weight is 449 g/mol. The van der Waals surface area contributed by atoms with Crippen LogP contribution in [0.5, 0.6) is 0 Å². The number of aliphatic hydroxyl groups excluding tert-OH is 1. The molecule has 1 aliphatic rings. The predicted octanol–water partition coefficient (Wildman–Crippen LogP) is 3.30. The Hall–Kier alpha value is -3.61. The SMILES string of the molecule is [C-]#[N+]c1cccc([C@@H](C)Nc2ccnc3cnc(C4(O)CCN(C(=O)CO)CC4)cc23)c1F. The van der Waals surface area contributed by atoms with Gasteiger partial charge in [0.15, 0.2) is 0 Å². The van der Waals surface area contributed by atoms with Crippen molar-refractivity contribution in [2.75, 3.05) is 25.0 Å². The first-order chi connectivity index (χ1) is 15.9. The number of amides is 1. The number of hydrogen-bond donors (Lipinski definition) is 3. The molecule has 2 aromatic heterocycles. The van der Waals surface area contributed by atoms with Gasteiger partial charge in [0.05, 0.1) is 30.0 Å². The van der Waals surface area contributed by atoms with Crippen LogP contribution in [0.4, 0.5) is 15.8 Å². The van der Waals surface area contributed by atoms with Crippen LogP contribution in [0.25, 0.3) is 15.7 Å². The molecule has 1 amide bonds. The minimum absolute atomic E-state index is 0.0273. The van der Waals surface area contributed by atoms with Crippen LogP contribution < -0.4 is 5.32 Å². The Morgan fingerprint density at radius 1 is 1.33 bits per heavy atom. The second-order valence-corrected chi connectivity index (χ2v) is 8.17. The van der Waals surface area contributed by atoms with Crippen LogP contribution in [-0.4, -0.2) is 50.7 Å². The summed E-state index contributed by atoms with van der Waals surface area (Å²) in [6, 6.07) is 7.85. The summed E-state index contributed by atoms with van der Waals surface area (Å²) in [5, 5.41) is 24.3. The molecule has 0 bridgehead atoms. The van der Waals surface area contributed by atoms with Crippen molar-refractivity contribution in [2.24, 2.45) is 0 Å². The van der Waals surface area contributed by atoms with E-state index >= 15 is 0 Å². The van der Waals surface area contributed by atoms with Gasteiger partial charge in [-0.15, -0.1) is 0 Å². The van der Waals surface area contributed by atoms with Crippen molar-refractivity contribution < 1.29 is 19.4 Å². The van der Waals surface area contributed by atoms with Crippen LogP contribution in [0.1, 0.15) is 37.1 Å². The number of nitrogens with zero attached hydrogens (tertiary/aromatic N) is 4. The molecule has 33 heavy (non-hydrogen) atoms. The number of likely N-dealkylation sites (tertiary alicyclic amines) is 1. The number of aliphatic hydroxyl groups is 2. The van der Waals surface area contributed by atoms with Gasteiger partial charge in [-0.3, -0.25) is 14.8 Å². The summed E-state index contributed by atoms with van der Waals surface area (Å²) in [5.41, 5.74) is 0.914. The molecule has 3 aromatic rings. The van der Waals surface area contributed by atoms with Gasteiger partial charge in [-0.2, -0.15) is 0 Å². The van der Waals surface area contributed by atoms with E-state index in [1.165, 1.54) is 11.0 Å². The van der Waals surface area contributed by atoms with Crippen LogP contribution in [0, 0.1) is 12.4 Å². The van der Waals surface area contributed by atoms with Crippen molar-refractivity contribution in [3.8, 4) is 0 Å². The fourth-order valence-electron chi connectivity index (χ4n) is 4.18. The van der Waals surface area contributed by atoms with Gasteiger partial charge < -0.3 is 20.4 Å². The largest absolute Gasteiger partial charge is 0.387 e. The molecule has 170 valence electrons. The van der Waals surface area contributed by atoms with Gasteiger partial charge in [0.25, 0.3) is 0 Å². The van der Waals surface area contributed by atoms with Crippen LogP contribution in [0.2, 0.25) is 0 Å². The Bertz CT molecular complexity index is 1230. The molecule has 1 fully saturated rings. The second-order valence-electron chi connectivity index (χ2n) is 8.17. The summed E-state index contributed by atoms with van der Waals surface area (Å²) >= 11 is 0. The molecule has 0 saturated carbocycles. The van der Waals surface area contributed by atoms with Crippen molar-refractivity contribution in [1.29, 1.82) is 0 Å². The van der Waals surface area contributed by atoms with Gasteiger partial charge >= 0.3 is 0 Å². The predicted molar refractivity (Wildman–Crippen MR) is 121 cm³/mol. The van der Waals surface area contributed by atoms with Crippen LogP contribution in [-0.2, 0) is 10.4 Å². The Labute approximate surface area is 190 Å². The first kappa shape index (κ1) is 22.6. The molecule has 3 heterocycles. The molecule has 8 nitrogen and oxygen atoms in total. The zero-order valence-corrected chi connectivity index (χ0v) is 18.1. The van der Waals surface area contributed by atoms with Gasteiger partial charge in [0, 0.05) is 30.4 Å². The maximum absolute atomic E-state index is 14.7. The van der Waals surface area contributed by atoms with E-state index < -0.39 is 24.1 Å². The molecule has 0 spiro atoms. The molecule has 9 heteroatoms. The van der Waals surface area contributed by atoms with Gasteiger partial charge in [-0.1, -0.05) is 18.2 Å². The number of nitrogens with one attached hydrogen (secondary N) is 1. The lowest BCUT2D eigenvalue weighted by Gasteiger charge is -2.37. The number of fused-ring (bicyclic) bond motifs is 1. The average Bonchev–Trinajstić information content (AvgIpc) is 2.84. The number of carbonyl (C=O) groups is 1. The van der Waals surface area contributed by atoms with Gasteiger partial charge in [-0.25, -0.2) is 9.24 Å². The fraction of sp³-hybridized carbons (Fsp3) is 0.333. The van der Waals surface area contributed by atoms with Crippen molar-refractivity contribution in [3.63, 3.8) is 0 Å². The Morgan fingerprint density at radius 2 is 2.09 bits per heavy atom. The van der Waals surface area contributed by atoms with E-state index in [1.54, 1.807) is 36.7 Å². The Balaban J connectivity index is 1.63. The minimum atomic E-state index is -1.21. The number of rotatable bonds is 5. The van der Waals surface area contributed by atoms with Crippen LogP contribution >= 0.6 is 0 Å². The highest BCUT2D eigenvalue weighted by Crippen LogP contribution is 2.35. The van der Waals surface area contributed by atoms with Crippen molar-refractivity contribution in [2.45, 2.75) is 31.4 Å². The summed E-state index contributed by atoms with van der Waals surface area (Å²) in [7, 11) is 0. The number of piperidine rings is 1. The Morgan fingerprint density at radius 3 is 2.79 bits per heavy atom. The number of carbonyl (C=O) groups excluding carboxylic acids is 1. The molecule has 0 unspecified atom stereocenters. The standard InChI is InChI=1S/C24H24FN5O3/c1-15(16-4-3-5-19(26-2)23(16)25)29-18-6-9-27-20-13-28-21(12-17(18)20)24(33)7-10-30(11-8-24)22(32)14-31/h3-6,9,12-13,15,31,33H,7-8,10-11,14H2,1H3,(H,27,29)/t15-/m1/s1. The summed E-state index contributed by atoms with van der Waals surface area (Å²) in [6.07, 6.45) is 3.80. The molecule has 4 rings (SSSR count). The summed E-state index contributed by atoms with van der Waals surface area (Å²) < 4.78 is 14.7. The number of benzene rings is 1. The Kier molecular flexibility index (Phi) is 6.22. The monoisotopic (exact) mass is 449 g/mol. The van der Waals surface area contributed by atoms with E-state index in [0.29, 0.717) is 48.4 Å². The van der Waals surface area contributed by atoms with E-state index in [4.69, 9.17) is 11.7 Å².